The lowest BCUT2D eigenvalue weighted by Crippen LogP contribution is -1.99. The normalized spacial score (nSPS) is 15.0. The summed E-state index contributed by atoms with van der Waals surface area (Å²) in [5, 5.41) is 6.50. The summed E-state index contributed by atoms with van der Waals surface area (Å²) in [4.78, 5) is 9.16. The molecule has 3 aromatic rings. The molecule has 0 heterocycles. The summed E-state index contributed by atoms with van der Waals surface area (Å²) < 4.78 is 0. The van der Waals surface area contributed by atoms with Crippen LogP contribution in [0, 0.1) is 18.8 Å². The zero-order valence-electron chi connectivity index (χ0n) is 17.0. The average Bonchev–Trinajstić information content (AvgIpc) is 2.78. The molecule has 0 amide bonds. The fourth-order valence-electron chi connectivity index (χ4n) is 2.90. The molecule has 3 aromatic carbocycles. The topological polar surface area (TPSA) is 48.8 Å². The number of nitrogens with one attached hydrogen (secondary N) is 2. The number of nitrogens with zero attached hydrogens (tertiary/aromatic N) is 2. The third kappa shape index (κ3) is 5.03. The number of anilines is 3. The van der Waals surface area contributed by atoms with Gasteiger partial charge in [0.15, 0.2) is 0 Å². The molecule has 4 heteroatoms. The zero-order chi connectivity index (χ0) is 20.8. The van der Waals surface area contributed by atoms with Crippen LogP contribution >= 0.6 is 0 Å². The number of benzene rings is 3. The molecule has 146 valence electrons. The number of aryl methyl sites for hydroxylation is 1. The van der Waals surface area contributed by atoms with E-state index in [2.05, 4.69) is 39.4 Å². The number of aliphatic imine (C=N–C) groups is 2. The molecule has 0 bridgehead atoms. The van der Waals surface area contributed by atoms with Crippen molar-refractivity contribution in [2.75, 3.05) is 17.7 Å². The third-order valence-electron chi connectivity index (χ3n) is 4.58. The molecule has 2 N–H and O–H groups in total. The van der Waals surface area contributed by atoms with Gasteiger partial charge in [-0.3, -0.25) is 0 Å². The number of hydrogen-bond donors (Lipinski definition) is 2. The van der Waals surface area contributed by atoms with Crippen molar-refractivity contribution >= 4 is 39.9 Å². The van der Waals surface area contributed by atoms with Gasteiger partial charge in [0.1, 0.15) is 11.4 Å². The molecule has 30 heavy (non-hydrogen) atoms. The molecular weight excluding hydrogens is 368 g/mol. The van der Waals surface area contributed by atoms with Crippen LogP contribution in [-0.2, 0) is 0 Å². The van der Waals surface area contributed by atoms with Crippen molar-refractivity contribution in [3.8, 4) is 11.8 Å². The highest BCUT2D eigenvalue weighted by atomic mass is 14.9. The maximum atomic E-state index is 4.61. The van der Waals surface area contributed by atoms with Crippen molar-refractivity contribution in [2.24, 2.45) is 9.98 Å². The summed E-state index contributed by atoms with van der Waals surface area (Å²) in [6.45, 7) is 2.06. The lowest BCUT2D eigenvalue weighted by molar-refractivity contribution is 1.44. The first-order chi connectivity index (χ1) is 14.7. The summed E-state index contributed by atoms with van der Waals surface area (Å²) in [6, 6.07) is 24.2. The second kappa shape index (κ2) is 8.93. The minimum atomic E-state index is 0.723. The first-order valence-corrected chi connectivity index (χ1v) is 9.77. The predicted octanol–water partition coefficient (Wildman–Crippen LogP) is 6.20. The van der Waals surface area contributed by atoms with Crippen molar-refractivity contribution in [3.05, 3.63) is 90.5 Å². The van der Waals surface area contributed by atoms with E-state index in [-0.39, 0.29) is 0 Å². The minimum Gasteiger partial charge on any atom is -0.388 e. The van der Waals surface area contributed by atoms with E-state index in [0.29, 0.717) is 0 Å². The van der Waals surface area contributed by atoms with Crippen LogP contribution in [0.2, 0.25) is 0 Å². The highest BCUT2D eigenvalue weighted by Gasteiger charge is 2.01. The molecule has 4 nitrogen and oxygen atoms in total. The monoisotopic (exact) mass is 390 g/mol. The Bertz CT molecular complexity index is 1170. The number of rotatable bonds is 5. The van der Waals surface area contributed by atoms with Gasteiger partial charge in [-0.2, -0.15) is 0 Å². The van der Waals surface area contributed by atoms with Gasteiger partial charge in [-0.05, 0) is 91.6 Å². The largest absolute Gasteiger partial charge is 0.388 e. The molecule has 0 spiro atoms. The van der Waals surface area contributed by atoms with E-state index in [9.17, 15) is 0 Å². The third-order valence-corrected chi connectivity index (χ3v) is 4.58. The molecule has 0 aromatic heterocycles. The fourth-order valence-corrected chi connectivity index (χ4v) is 2.90. The van der Waals surface area contributed by atoms with Crippen molar-refractivity contribution in [1.29, 1.82) is 0 Å². The second-order valence-electron chi connectivity index (χ2n) is 6.91. The van der Waals surface area contributed by atoms with Crippen LogP contribution in [0.4, 0.5) is 28.4 Å². The van der Waals surface area contributed by atoms with E-state index >= 15 is 0 Å². The Morgan fingerprint density at radius 2 is 1.03 bits per heavy atom. The molecule has 0 atom stereocenters. The van der Waals surface area contributed by atoms with E-state index in [1.807, 2.05) is 92.0 Å². The second-order valence-corrected chi connectivity index (χ2v) is 6.91. The highest BCUT2D eigenvalue weighted by molar-refractivity contribution is 6.23. The van der Waals surface area contributed by atoms with Gasteiger partial charge in [-0.15, -0.1) is 0 Å². The Balaban J connectivity index is 1.42. The lowest BCUT2D eigenvalue weighted by Gasteiger charge is -2.08. The van der Waals surface area contributed by atoms with E-state index in [4.69, 9.17) is 0 Å². The maximum absolute atomic E-state index is 4.61. The molecule has 4 rings (SSSR count). The number of hydrogen-bond acceptors (Lipinski definition) is 4. The quantitative estimate of drug-likeness (QED) is 0.510. The summed E-state index contributed by atoms with van der Waals surface area (Å²) in [5.41, 5.74) is 7.57. The molecule has 1 aliphatic rings. The predicted molar refractivity (Wildman–Crippen MR) is 128 cm³/mol. The van der Waals surface area contributed by atoms with Crippen molar-refractivity contribution < 1.29 is 0 Å². The van der Waals surface area contributed by atoms with Crippen LogP contribution in [-0.4, -0.2) is 18.5 Å². The van der Waals surface area contributed by atoms with E-state index in [0.717, 1.165) is 39.9 Å². The summed E-state index contributed by atoms with van der Waals surface area (Å²) in [5.74, 6) is 6.15. The van der Waals surface area contributed by atoms with E-state index in [1.165, 1.54) is 5.56 Å². The van der Waals surface area contributed by atoms with Crippen molar-refractivity contribution in [2.45, 2.75) is 6.92 Å². The SMILES string of the molecule is CNc1ccc(Nc2ccc(N=C3C#CC(=Nc4ccc(C)cc4)C=C3)cc2)cc1. The Kier molecular flexibility index (Phi) is 5.73. The molecule has 0 saturated carbocycles. The number of allylic oxidation sites excluding steroid dienone is 2. The molecule has 0 saturated heterocycles. The standard InChI is InChI=1S/C26H22N4/c1-19-3-5-21(6-4-19)28-23-11-13-25(14-12-23)30-26-17-15-24(16-18-26)29-22-9-7-20(27-2)8-10-22/h3-11,13,15-18,27,29H,1-2H3. The van der Waals surface area contributed by atoms with Crippen LogP contribution in [0.3, 0.4) is 0 Å². The van der Waals surface area contributed by atoms with Gasteiger partial charge in [0, 0.05) is 24.1 Å². The summed E-state index contributed by atoms with van der Waals surface area (Å²) in [6.07, 6.45) is 3.80. The van der Waals surface area contributed by atoms with E-state index < -0.39 is 0 Å². The zero-order valence-corrected chi connectivity index (χ0v) is 17.0. The molecule has 0 unspecified atom stereocenters. The smallest absolute Gasteiger partial charge is 0.114 e. The Morgan fingerprint density at radius 3 is 1.50 bits per heavy atom. The van der Waals surface area contributed by atoms with Gasteiger partial charge < -0.3 is 10.6 Å². The molecule has 0 aliphatic heterocycles. The Labute approximate surface area is 177 Å². The highest BCUT2D eigenvalue weighted by Crippen LogP contribution is 2.22. The summed E-state index contributed by atoms with van der Waals surface area (Å²) in [7, 11) is 1.91. The average molecular weight is 390 g/mol. The van der Waals surface area contributed by atoms with Crippen LogP contribution < -0.4 is 10.6 Å². The van der Waals surface area contributed by atoms with Gasteiger partial charge >= 0.3 is 0 Å². The maximum Gasteiger partial charge on any atom is 0.114 e. The fraction of sp³-hybridized carbons (Fsp3) is 0.0769. The van der Waals surface area contributed by atoms with Crippen molar-refractivity contribution in [1.82, 2.24) is 0 Å². The van der Waals surface area contributed by atoms with Gasteiger partial charge in [0.05, 0.1) is 11.4 Å². The van der Waals surface area contributed by atoms with Crippen LogP contribution in [0.15, 0.2) is 94.9 Å². The molecule has 1 aliphatic carbocycles. The van der Waals surface area contributed by atoms with Crippen LogP contribution in [0.1, 0.15) is 5.56 Å². The van der Waals surface area contributed by atoms with Crippen LogP contribution in [0.5, 0.6) is 0 Å². The van der Waals surface area contributed by atoms with Crippen molar-refractivity contribution in [3.63, 3.8) is 0 Å². The van der Waals surface area contributed by atoms with Gasteiger partial charge in [0.25, 0.3) is 0 Å². The summed E-state index contributed by atoms with van der Waals surface area (Å²) >= 11 is 0. The molecule has 0 radical (unpaired) electrons. The van der Waals surface area contributed by atoms with E-state index in [1.54, 1.807) is 0 Å². The van der Waals surface area contributed by atoms with Gasteiger partial charge in [0.2, 0.25) is 0 Å². The Hall–Kier alpha value is -4.10. The van der Waals surface area contributed by atoms with Crippen LogP contribution in [0.25, 0.3) is 0 Å². The molecular formula is C26H22N4. The minimum absolute atomic E-state index is 0.723. The van der Waals surface area contributed by atoms with Gasteiger partial charge in [-0.25, -0.2) is 9.98 Å². The Morgan fingerprint density at radius 1 is 0.600 bits per heavy atom. The first-order valence-electron chi connectivity index (χ1n) is 9.77. The van der Waals surface area contributed by atoms with Gasteiger partial charge in [-0.1, -0.05) is 17.7 Å². The lowest BCUT2D eigenvalue weighted by atomic mass is 10.2. The molecule has 0 fully saturated rings. The first kappa shape index (κ1) is 19.2.